The predicted octanol–water partition coefficient (Wildman–Crippen LogP) is 11.0. The van der Waals surface area contributed by atoms with E-state index in [1.807, 2.05) is 18.2 Å². The van der Waals surface area contributed by atoms with Crippen molar-refractivity contribution in [3.63, 3.8) is 0 Å². The zero-order valence-electron chi connectivity index (χ0n) is 22.6. The molecule has 192 valence electrons. The number of rotatable bonds is 3. The van der Waals surface area contributed by atoms with Gasteiger partial charge in [0.15, 0.2) is 0 Å². The van der Waals surface area contributed by atoms with Gasteiger partial charge in [0, 0.05) is 10.8 Å². The van der Waals surface area contributed by atoms with E-state index < -0.39 is 0 Å². The average molecular weight is 757 g/mol. The van der Waals surface area contributed by atoms with E-state index >= 15 is 0 Å². The van der Waals surface area contributed by atoms with Crippen LogP contribution in [-0.2, 0) is 0 Å². The predicted molar refractivity (Wildman–Crippen MR) is 170 cm³/mol. The van der Waals surface area contributed by atoms with Crippen LogP contribution in [0.5, 0.6) is 0 Å². The fourth-order valence-electron chi connectivity index (χ4n) is 6.65. The van der Waals surface area contributed by atoms with E-state index in [2.05, 4.69) is 127 Å². The molecule has 1 heterocycles. The molecule has 0 bridgehead atoms. The van der Waals surface area contributed by atoms with Gasteiger partial charge in [-0.3, -0.25) is 0 Å². The van der Waals surface area contributed by atoms with Crippen LogP contribution in [0.4, 0.5) is 0 Å². The molecule has 0 fully saturated rings. The maximum Gasteiger partial charge on any atom is 2.00 e. The zero-order valence-corrected chi connectivity index (χ0v) is 26.8. The van der Waals surface area contributed by atoms with Crippen LogP contribution in [-0.4, -0.2) is 0 Å². The maximum absolute atomic E-state index is 6.30. The molecule has 7 aromatic carbocycles. The van der Waals surface area contributed by atoms with E-state index in [4.69, 9.17) is 4.42 Å². The summed E-state index contributed by atoms with van der Waals surface area (Å²) in [6, 6.07) is 54.3. The summed E-state index contributed by atoms with van der Waals surface area (Å²) in [5.41, 5.74) is 13.7. The normalized spacial score (nSPS) is 11.6. The van der Waals surface area contributed by atoms with Crippen molar-refractivity contribution in [1.29, 1.82) is 0 Å². The minimum absolute atomic E-state index is 0. The SMILES string of the molecule is [U+2].[c-]1cc(-c2cccc3c2oc2ccccc23)ccc1-c1[c-]cccc1-c1ccc2c3c(cccc13)-c1ccccc1-2. The maximum atomic E-state index is 6.30. The molecular formula is C40H22OU. The largest absolute Gasteiger partial charge is 2.00 e. The van der Waals surface area contributed by atoms with Crippen molar-refractivity contribution >= 4 is 32.7 Å². The first-order valence-corrected chi connectivity index (χ1v) is 13.9. The minimum atomic E-state index is 0. The van der Waals surface area contributed by atoms with E-state index in [1.54, 1.807) is 0 Å². The number of fused-ring (bicyclic) bond motifs is 6. The van der Waals surface area contributed by atoms with Crippen molar-refractivity contribution in [3.05, 3.63) is 146 Å². The van der Waals surface area contributed by atoms with Crippen LogP contribution in [0, 0.1) is 43.2 Å². The van der Waals surface area contributed by atoms with Crippen LogP contribution in [0.25, 0.3) is 88.3 Å². The zero-order chi connectivity index (χ0) is 26.9. The summed E-state index contributed by atoms with van der Waals surface area (Å²) < 4.78 is 6.30. The molecule has 0 saturated heterocycles. The van der Waals surface area contributed by atoms with Crippen molar-refractivity contribution in [2.45, 2.75) is 0 Å². The molecular weight excluding hydrogens is 734 g/mol. The van der Waals surface area contributed by atoms with Gasteiger partial charge in [0.1, 0.15) is 11.2 Å². The Balaban J connectivity index is 0.00000267. The van der Waals surface area contributed by atoms with Gasteiger partial charge in [-0.1, -0.05) is 102 Å². The number of hydrogen-bond donors (Lipinski definition) is 0. The van der Waals surface area contributed by atoms with Crippen molar-refractivity contribution in [1.82, 2.24) is 0 Å². The second kappa shape index (κ2) is 9.88. The molecule has 1 aliphatic carbocycles. The first kappa shape index (κ1) is 25.4. The van der Waals surface area contributed by atoms with E-state index in [1.165, 1.54) is 38.6 Å². The van der Waals surface area contributed by atoms with E-state index in [0.717, 1.165) is 49.8 Å². The van der Waals surface area contributed by atoms with Gasteiger partial charge < -0.3 is 4.42 Å². The average Bonchev–Trinajstić information content (AvgIpc) is 3.59. The smallest absolute Gasteiger partial charge is 0.456 e. The monoisotopic (exact) mass is 756 g/mol. The Hall–Kier alpha value is -4.35. The van der Waals surface area contributed by atoms with Crippen LogP contribution >= 0.6 is 0 Å². The standard InChI is InChI=1S/C40H22O.U/c1-2-10-29(32-23-24-36-31-12-4-3-11-30(31)34-15-8-16-35(32)39(34)36)27(9-1)25-19-21-26(22-20-25)28-14-7-17-37-33-13-5-6-18-38(33)41-40(28)37;/h1-8,10-19,21-24H;/q-2;+2. The molecule has 1 aromatic heterocycles. The first-order chi connectivity index (χ1) is 20.3. The quantitative estimate of drug-likeness (QED) is 0.164. The Kier molecular flexibility index (Phi) is 5.97. The van der Waals surface area contributed by atoms with Crippen LogP contribution in [0.1, 0.15) is 0 Å². The number of hydrogen-bond acceptors (Lipinski definition) is 1. The summed E-state index contributed by atoms with van der Waals surface area (Å²) in [4.78, 5) is 0. The molecule has 0 atom stereocenters. The Morgan fingerprint density at radius 2 is 1.12 bits per heavy atom. The van der Waals surface area contributed by atoms with Crippen LogP contribution in [0.3, 0.4) is 0 Å². The van der Waals surface area contributed by atoms with Gasteiger partial charge >= 0.3 is 31.1 Å². The van der Waals surface area contributed by atoms with Crippen molar-refractivity contribution in [2.24, 2.45) is 0 Å². The molecule has 2 heteroatoms. The molecule has 8 aromatic rings. The van der Waals surface area contributed by atoms with E-state index in [9.17, 15) is 0 Å². The molecule has 0 radical (unpaired) electrons. The van der Waals surface area contributed by atoms with Crippen molar-refractivity contribution in [2.75, 3.05) is 0 Å². The molecule has 9 rings (SSSR count). The molecule has 0 N–H and O–H groups in total. The number of para-hydroxylation sites is 2. The third kappa shape index (κ3) is 3.69. The van der Waals surface area contributed by atoms with Gasteiger partial charge in [0.2, 0.25) is 0 Å². The Morgan fingerprint density at radius 1 is 0.452 bits per heavy atom. The molecule has 1 nitrogen and oxygen atoms in total. The third-order valence-corrected chi connectivity index (χ3v) is 8.49. The summed E-state index contributed by atoms with van der Waals surface area (Å²) in [7, 11) is 0. The Bertz CT molecular complexity index is 2280. The second-order valence-corrected chi connectivity index (χ2v) is 10.7. The summed E-state index contributed by atoms with van der Waals surface area (Å²) in [6.45, 7) is 0. The van der Waals surface area contributed by atoms with Gasteiger partial charge in [-0.2, -0.15) is 24.3 Å². The second-order valence-electron chi connectivity index (χ2n) is 10.7. The van der Waals surface area contributed by atoms with Crippen LogP contribution in [0.2, 0.25) is 0 Å². The van der Waals surface area contributed by atoms with E-state index in [-0.39, 0.29) is 31.1 Å². The Morgan fingerprint density at radius 3 is 1.95 bits per heavy atom. The Labute approximate surface area is 267 Å². The van der Waals surface area contributed by atoms with Gasteiger partial charge in [0.05, 0.1) is 0 Å². The number of benzene rings is 7. The van der Waals surface area contributed by atoms with E-state index in [0.29, 0.717) is 0 Å². The third-order valence-electron chi connectivity index (χ3n) is 8.49. The first-order valence-electron chi connectivity index (χ1n) is 13.9. The fraction of sp³-hybridized carbons (Fsp3) is 0. The summed E-state index contributed by atoms with van der Waals surface area (Å²) in [5.74, 6) is 0. The van der Waals surface area contributed by atoms with Gasteiger partial charge in [0.25, 0.3) is 0 Å². The molecule has 0 saturated carbocycles. The topological polar surface area (TPSA) is 13.1 Å². The van der Waals surface area contributed by atoms with Crippen molar-refractivity contribution in [3.8, 4) is 55.6 Å². The number of furan rings is 1. The molecule has 42 heavy (non-hydrogen) atoms. The van der Waals surface area contributed by atoms with Gasteiger partial charge in [-0.15, -0.1) is 29.8 Å². The van der Waals surface area contributed by atoms with Crippen LogP contribution < -0.4 is 0 Å². The van der Waals surface area contributed by atoms with Crippen LogP contribution in [0.15, 0.2) is 138 Å². The molecule has 0 amide bonds. The summed E-state index contributed by atoms with van der Waals surface area (Å²) >= 11 is 0. The van der Waals surface area contributed by atoms with Crippen molar-refractivity contribution < 1.29 is 35.5 Å². The summed E-state index contributed by atoms with van der Waals surface area (Å²) in [6.07, 6.45) is 0. The van der Waals surface area contributed by atoms with Gasteiger partial charge in [-0.25, -0.2) is 11.1 Å². The van der Waals surface area contributed by atoms with Gasteiger partial charge in [-0.05, 0) is 44.7 Å². The molecule has 0 spiro atoms. The fourth-order valence-corrected chi connectivity index (χ4v) is 6.65. The minimum Gasteiger partial charge on any atom is -0.456 e. The summed E-state index contributed by atoms with van der Waals surface area (Å²) in [5, 5.41) is 4.88. The molecule has 0 aliphatic heterocycles. The molecule has 0 unspecified atom stereocenters. The molecule has 1 aliphatic rings.